The van der Waals surface area contributed by atoms with E-state index in [2.05, 4.69) is 55.5 Å². The van der Waals surface area contributed by atoms with E-state index in [1.807, 2.05) is 0 Å². The monoisotopic (exact) mass is 256 g/mol. The van der Waals surface area contributed by atoms with Gasteiger partial charge >= 0.3 is 0 Å². The molecule has 0 heterocycles. The van der Waals surface area contributed by atoms with Gasteiger partial charge in [0.15, 0.2) is 0 Å². The zero-order valence-corrected chi connectivity index (χ0v) is 11.8. The molecule has 1 aromatic rings. The summed E-state index contributed by atoms with van der Waals surface area (Å²) in [6, 6.07) is 10.7. The van der Waals surface area contributed by atoms with Crippen LogP contribution < -0.4 is 0 Å². The number of allylic oxidation sites excluding steroid dienone is 2. The fourth-order valence-electron chi connectivity index (χ4n) is 2.37. The molecule has 1 heteroatoms. The molecule has 0 N–H and O–H groups in total. The maximum Gasteiger partial charge on any atom is 0.0825 e. The van der Waals surface area contributed by atoms with Crippen LogP contribution in [-0.2, 0) is 11.2 Å². The lowest BCUT2D eigenvalue weighted by atomic mass is 10.0. The number of unbranched alkanes of at least 4 members (excludes halogenated alkanes) is 1. The first-order chi connectivity index (χ1) is 9.40. The second-order valence-electron chi connectivity index (χ2n) is 5.08. The summed E-state index contributed by atoms with van der Waals surface area (Å²) in [5.74, 6) is 0. The van der Waals surface area contributed by atoms with Gasteiger partial charge in [-0.1, -0.05) is 61.9 Å². The molecule has 2 rings (SSSR count). The standard InChI is InChI=1S/C18H24O/c1-2-3-15-19-18(17-11-7-8-12-17)14-13-16-9-5-4-6-10-16/h4-7,9-12,18H,2-3,8,13-15H2,1H3. The summed E-state index contributed by atoms with van der Waals surface area (Å²) in [4.78, 5) is 0. The second kappa shape index (κ2) is 7.96. The minimum atomic E-state index is 0.269. The van der Waals surface area contributed by atoms with Crippen LogP contribution in [-0.4, -0.2) is 12.7 Å². The van der Waals surface area contributed by atoms with Gasteiger partial charge in [0.1, 0.15) is 0 Å². The summed E-state index contributed by atoms with van der Waals surface area (Å²) in [5.41, 5.74) is 2.77. The first-order valence-corrected chi connectivity index (χ1v) is 7.42. The highest BCUT2D eigenvalue weighted by molar-refractivity contribution is 5.30. The van der Waals surface area contributed by atoms with Crippen molar-refractivity contribution in [1.29, 1.82) is 0 Å². The molecule has 1 aliphatic carbocycles. The molecule has 0 bridgehead atoms. The maximum atomic E-state index is 6.07. The second-order valence-corrected chi connectivity index (χ2v) is 5.08. The first-order valence-electron chi connectivity index (χ1n) is 7.42. The Bertz CT molecular complexity index is 417. The highest BCUT2D eigenvalue weighted by Crippen LogP contribution is 2.20. The number of ether oxygens (including phenoxy) is 1. The normalized spacial score (nSPS) is 15.5. The largest absolute Gasteiger partial charge is 0.374 e. The Hall–Kier alpha value is -1.34. The fraction of sp³-hybridized carbons (Fsp3) is 0.444. The van der Waals surface area contributed by atoms with Crippen LogP contribution in [0.2, 0.25) is 0 Å². The highest BCUT2D eigenvalue weighted by atomic mass is 16.5. The molecule has 0 saturated heterocycles. The average Bonchev–Trinajstić information content (AvgIpc) is 2.98. The van der Waals surface area contributed by atoms with Crippen molar-refractivity contribution in [3.05, 3.63) is 59.7 Å². The van der Waals surface area contributed by atoms with Gasteiger partial charge in [0.25, 0.3) is 0 Å². The molecule has 0 spiro atoms. The molecule has 0 aromatic heterocycles. The molecule has 0 radical (unpaired) electrons. The van der Waals surface area contributed by atoms with Crippen LogP contribution in [0.15, 0.2) is 54.1 Å². The molecule has 0 aliphatic heterocycles. The van der Waals surface area contributed by atoms with Crippen LogP contribution in [0.3, 0.4) is 0 Å². The molecule has 1 unspecified atom stereocenters. The Morgan fingerprint density at radius 3 is 2.74 bits per heavy atom. The van der Waals surface area contributed by atoms with E-state index in [1.165, 1.54) is 17.6 Å². The van der Waals surface area contributed by atoms with Gasteiger partial charge in [-0.05, 0) is 36.8 Å². The van der Waals surface area contributed by atoms with E-state index in [9.17, 15) is 0 Å². The summed E-state index contributed by atoms with van der Waals surface area (Å²) in [7, 11) is 0. The van der Waals surface area contributed by atoms with Crippen LogP contribution in [0.25, 0.3) is 0 Å². The molecule has 0 amide bonds. The van der Waals surface area contributed by atoms with E-state index in [1.54, 1.807) is 0 Å². The Balaban J connectivity index is 1.88. The van der Waals surface area contributed by atoms with Crippen molar-refractivity contribution in [2.24, 2.45) is 0 Å². The van der Waals surface area contributed by atoms with Gasteiger partial charge in [0.05, 0.1) is 6.10 Å². The summed E-state index contributed by atoms with van der Waals surface area (Å²) in [6.45, 7) is 3.08. The van der Waals surface area contributed by atoms with E-state index in [-0.39, 0.29) is 6.10 Å². The van der Waals surface area contributed by atoms with E-state index in [4.69, 9.17) is 4.74 Å². The van der Waals surface area contributed by atoms with Crippen LogP contribution >= 0.6 is 0 Å². The van der Waals surface area contributed by atoms with Gasteiger partial charge in [-0.15, -0.1) is 0 Å². The van der Waals surface area contributed by atoms with Crippen molar-refractivity contribution >= 4 is 0 Å². The van der Waals surface area contributed by atoms with Crippen molar-refractivity contribution in [2.45, 2.75) is 45.1 Å². The lowest BCUT2D eigenvalue weighted by molar-refractivity contribution is 0.0721. The van der Waals surface area contributed by atoms with Crippen molar-refractivity contribution in [2.75, 3.05) is 6.61 Å². The van der Waals surface area contributed by atoms with Crippen LogP contribution in [0.5, 0.6) is 0 Å². The fourth-order valence-corrected chi connectivity index (χ4v) is 2.37. The average molecular weight is 256 g/mol. The molecule has 102 valence electrons. The van der Waals surface area contributed by atoms with Gasteiger partial charge in [-0.2, -0.15) is 0 Å². The Labute approximate surface area is 117 Å². The minimum absolute atomic E-state index is 0.269. The summed E-state index contributed by atoms with van der Waals surface area (Å²) in [5, 5.41) is 0. The van der Waals surface area contributed by atoms with E-state index < -0.39 is 0 Å². The molecule has 1 aromatic carbocycles. The molecule has 1 aliphatic rings. The van der Waals surface area contributed by atoms with Crippen molar-refractivity contribution in [3.8, 4) is 0 Å². The molecule has 1 atom stereocenters. The van der Waals surface area contributed by atoms with Crippen LogP contribution in [0.1, 0.15) is 38.2 Å². The Morgan fingerprint density at radius 1 is 1.21 bits per heavy atom. The van der Waals surface area contributed by atoms with Crippen molar-refractivity contribution in [1.82, 2.24) is 0 Å². The van der Waals surface area contributed by atoms with E-state index >= 15 is 0 Å². The lowest BCUT2D eigenvalue weighted by Crippen LogP contribution is -2.16. The highest BCUT2D eigenvalue weighted by Gasteiger charge is 2.14. The van der Waals surface area contributed by atoms with E-state index in [0.717, 1.165) is 32.3 Å². The SMILES string of the molecule is CCCCOC(CCc1ccccc1)C1=CCC=C1. The number of aryl methyl sites for hydroxylation is 1. The van der Waals surface area contributed by atoms with Gasteiger partial charge in [0, 0.05) is 6.61 Å². The predicted octanol–water partition coefficient (Wildman–Crippen LogP) is 4.69. The summed E-state index contributed by atoms with van der Waals surface area (Å²) >= 11 is 0. The molecule has 1 nitrogen and oxygen atoms in total. The quantitative estimate of drug-likeness (QED) is 0.613. The molecular formula is C18H24O. The smallest absolute Gasteiger partial charge is 0.0825 e. The number of hydrogen-bond donors (Lipinski definition) is 0. The molecular weight excluding hydrogens is 232 g/mol. The summed E-state index contributed by atoms with van der Waals surface area (Å²) < 4.78 is 6.07. The van der Waals surface area contributed by atoms with Gasteiger partial charge in [-0.3, -0.25) is 0 Å². The van der Waals surface area contributed by atoms with Crippen LogP contribution in [0.4, 0.5) is 0 Å². The zero-order valence-electron chi connectivity index (χ0n) is 11.8. The third kappa shape index (κ3) is 4.68. The third-order valence-corrected chi connectivity index (χ3v) is 3.53. The predicted molar refractivity (Wildman–Crippen MR) is 81.3 cm³/mol. The number of rotatable bonds is 8. The summed E-state index contributed by atoms with van der Waals surface area (Å²) in [6.07, 6.45) is 12.6. The lowest BCUT2D eigenvalue weighted by Gasteiger charge is -2.18. The molecule has 0 saturated carbocycles. The van der Waals surface area contributed by atoms with E-state index in [0.29, 0.717) is 0 Å². The van der Waals surface area contributed by atoms with Gasteiger partial charge < -0.3 is 4.74 Å². The van der Waals surface area contributed by atoms with Crippen molar-refractivity contribution in [3.63, 3.8) is 0 Å². The number of benzene rings is 1. The topological polar surface area (TPSA) is 9.23 Å². The Kier molecular flexibility index (Phi) is 5.90. The minimum Gasteiger partial charge on any atom is -0.374 e. The number of hydrogen-bond acceptors (Lipinski definition) is 1. The van der Waals surface area contributed by atoms with Crippen LogP contribution in [0, 0.1) is 0 Å². The third-order valence-electron chi connectivity index (χ3n) is 3.53. The maximum absolute atomic E-state index is 6.07. The van der Waals surface area contributed by atoms with Crippen molar-refractivity contribution < 1.29 is 4.74 Å². The van der Waals surface area contributed by atoms with Gasteiger partial charge in [0.2, 0.25) is 0 Å². The molecule has 19 heavy (non-hydrogen) atoms. The first kappa shape index (κ1) is 14.1. The zero-order chi connectivity index (χ0) is 13.3. The molecule has 0 fully saturated rings. The Morgan fingerprint density at radius 2 is 2.05 bits per heavy atom. The van der Waals surface area contributed by atoms with Gasteiger partial charge in [-0.25, -0.2) is 0 Å².